The molecular weight excluding hydrogens is 396 g/mol. The zero-order chi connectivity index (χ0) is 18.1. The maximum absolute atomic E-state index is 12.2. The van der Waals surface area contributed by atoms with E-state index in [2.05, 4.69) is 21.0 Å². The first-order chi connectivity index (χ1) is 12.6. The minimum Gasteiger partial charge on any atom is -0.408 e. The van der Waals surface area contributed by atoms with Crippen molar-refractivity contribution in [3.63, 3.8) is 0 Å². The predicted octanol–water partition coefficient (Wildman–Crippen LogP) is 3.63. The van der Waals surface area contributed by atoms with Crippen LogP contribution in [0.1, 0.15) is 5.56 Å². The monoisotopic (exact) mass is 412 g/mol. The molecule has 0 fully saturated rings. The zero-order valence-electron chi connectivity index (χ0n) is 14.2. The molecule has 26 heavy (non-hydrogen) atoms. The van der Waals surface area contributed by atoms with Crippen molar-refractivity contribution in [2.24, 2.45) is 0 Å². The number of rotatable bonds is 5. The van der Waals surface area contributed by atoms with E-state index in [1.807, 2.05) is 71.5 Å². The van der Waals surface area contributed by atoms with Crippen molar-refractivity contribution in [1.29, 1.82) is 0 Å². The Morgan fingerprint density at radius 2 is 2.00 bits per heavy atom. The topological polar surface area (TPSA) is 56.2 Å². The third kappa shape index (κ3) is 3.36. The molecule has 0 amide bonds. The maximum atomic E-state index is 12.2. The van der Waals surface area contributed by atoms with Gasteiger partial charge in [0.15, 0.2) is 5.58 Å². The molecule has 0 aliphatic carbocycles. The van der Waals surface area contributed by atoms with Crippen LogP contribution in [-0.2, 0) is 13.2 Å². The molecule has 0 saturated carbocycles. The quantitative estimate of drug-likeness (QED) is 0.502. The van der Waals surface area contributed by atoms with Crippen LogP contribution in [0, 0.1) is 0 Å². The Kier molecular flexibility index (Phi) is 4.48. The lowest BCUT2D eigenvalue weighted by Gasteiger charge is -2.15. The minimum atomic E-state index is -0.357. The molecule has 2 aromatic carbocycles. The summed E-state index contributed by atoms with van der Waals surface area (Å²) in [5.41, 5.74) is 3.45. The fourth-order valence-electron chi connectivity index (χ4n) is 2.94. The van der Waals surface area contributed by atoms with E-state index in [1.54, 1.807) is 10.6 Å². The molecule has 0 spiro atoms. The van der Waals surface area contributed by atoms with Crippen LogP contribution in [0.5, 0.6) is 0 Å². The second kappa shape index (κ2) is 6.93. The molecule has 0 atom stereocenters. The van der Waals surface area contributed by atoms with Crippen molar-refractivity contribution in [2.45, 2.75) is 13.2 Å². The number of nitrogens with zero attached hydrogens (tertiary/aromatic N) is 4. The van der Waals surface area contributed by atoms with Gasteiger partial charge in [0.05, 0.1) is 24.1 Å². The smallest absolute Gasteiger partial charge is 0.408 e. The molecule has 6 nitrogen and oxygen atoms in total. The molecule has 0 bridgehead atoms. The van der Waals surface area contributed by atoms with E-state index in [4.69, 9.17) is 4.42 Å². The number of aromatic nitrogens is 3. The molecule has 132 valence electrons. The van der Waals surface area contributed by atoms with Crippen LogP contribution in [0.3, 0.4) is 0 Å². The number of para-hydroxylation sites is 1. The van der Waals surface area contributed by atoms with Gasteiger partial charge in [0.25, 0.3) is 0 Å². The van der Waals surface area contributed by atoms with E-state index in [0.717, 1.165) is 21.2 Å². The Hall–Kier alpha value is -2.64. The molecule has 2 aromatic heterocycles. The van der Waals surface area contributed by atoms with Gasteiger partial charge in [-0.15, -0.1) is 0 Å². The van der Waals surface area contributed by atoms with E-state index in [0.29, 0.717) is 18.8 Å². The zero-order valence-corrected chi connectivity index (χ0v) is 15.8. The molecule has 0 aliphatic heterocycles. The summed E-state index contributed by atoms with van der Waals surface area (Å²) >= 11 is 3.39. The van der Waals surface area contributed by atoms with Crippen molar-refractivity contribution in [3.8, 4) is 5.69 Å². The van der Waals surface area contributed by atoms with Crippen LogP contribution in [0.15, 0.2) is 74.6 Å². The van der Waals surface area contributed by atoms with Gasteiger partial charge in [-0.05, 0) is 37.4 Å². The number of fused-ring (bicyclic) bond motifs is 1. The van der Waals surface area contributed by atoms with Crippen LogP contribution in [0.4, 0.5) is 0 Å². The van der Waals surface area contributed by atoms with Crippen molar-refractivity contribution in [2.75, 3.05) is 7.05 Å². The first-order valence-electron chi connectivity index (χ1n) is 8.16. The van der Waals surface area contributed by atoms with Gasteiger partial charge < -0.3 is 4.42 Å². The van der Waals surface area contributed by atoms with Crippen LogP contribution < -0.4 is 5.76 Å². The van der Waals surface area contributed by atoms with Crippen LogP contribution in [0.25, 0.3) is 16.8 Å². The van der Waals surface area contributed by atoms with E-state index in [9.17, 15) is 4.79 Å². The van der Waals surface area contributed by atoms with Crippen molar-refractivity contribution in [3.05, 3.63) is 81.5 Å². The fraction of sp³-hybridized carbons (Fsp3) is 0.158. The lowest BCUT2D eigenvalue weighted by molar-refractivity contribution is 0.253. The molecule has 2 heterocycles. The van der Waals surface area contributed by atoms with Gasteiger partial charge in [0, 0.05) is 22.8 Å². The number of hydrogen-bond acceptors (Lipinski definition) is 4. The van der Waals surface area contributed by atoms with Crippen molar-refractivity contribution in [1.82, 2.24) is 19.2 Å². The lowest BCUT2D eigenvalue weighted by atomic mass is 10.3. The lowest BCUT2D eigenvalue weighted by Crippen LogP contribution is -2.27. The second-order valence-electron chi connectivity index (χ2n) is 6.19. The molecule has 4 aromatic rings. The summed E-state index contributed by atoms with van der Waals surface area (Å²) in [7, 11) is 1.96. The summed E-state index contributed by atoms with van der Waals surface area (Å²) in [5, 5.41) is 4.41. The summed E-state index contributed by atoms with van der Waals surface area (Å²) in [4.78, 5) is 14.2. The largest absolute Gasteiger partial charge is 0.421 e. The highest BCUT2D eigenvalue weighted by atomic mass is 79.9. The summed E-state index contributed by atoms with van der Waals surface area (Å²) in [5.74, 6) is -0.357. The summed E-state index contributed by atoms with van der Waals surface area (Å²) in [6.45, 7) is 1.10. The highest BCUT2D eigenvalue weighted by Gasteiger charge is 2.12. The average molecular weight is 413 g/mol. The Balaban J connectivity index is 1.51. The molecule has 4 rings (SSSR count). The van der Waals surface area contributed by atoms with Crippen LogP contribution in [0.2, 0.25) is 0 Å². The normalized spacial score (nSPS) is 11.5. The molecule has 0 N–H and O–H groups in total. The minimum absolute atomic E-state index is 0.357. The Labute approximate surface area is 158 Å². The highest BCUT2D eigenvalue weighted by Crippen LogP contribution is 2.19. The summed E-state index contributed by atoms with van der Waals surface area (Å²) in [6.07, 6.45) is 3.84. The van der Waals surface area contributed by atoms with Gasteiger partial charge in [-0.2, -0.15) is 5.10 Å². The van der Waals surface area contributed by atoms with E-state index in [1.165, 1.54) is 0 Å². The molecule has 0 unspecified atom stereocenters. The van der Waals surface area contributed by atoms with Gasteiger partial charge >= 0.3 is 5.76 Å². The third-order valence-corrected chi connectivity index (χ3v) is 4.62. The number of benzene rings is 2. The molecule has 0 radical (unpaired) electrons. The summed E-state index contributed by atoms with van der Waals surface area (Å²) in [6, 6.07) is 15.5. The number of hydrogen-bond donors (Lipinski definition) is 0. The van der Waals surface area contributed by atoms with E-state index < -0.39 is 0 Å². The second-order valence-corrected chi connectivity index (χ2v) is 7.11. The molecule has 0 saturated heterocycles. The molecule has 7 heteroatoms. The summed E-state index contributed by atoms with van der Waals surface area (Å²) < 4.78 is 9.68. The Morgan fingerprint density at radius 3 is 2.81 bits per heavy atom. The predicted molar refractivity (Wildman–Crippen MR) is 103 cm³/mol. The van der Waals surface area contributed by atoms with Crippen molar-refractivity contribution >= 4 is 27.0 Å². The fourth-order valence-corrected chi connectivity index (χ4v) is 3.28. The van der Waals surface area contributed by atoms with Crippen molar-refractivity contribution < 1.29 is 4.42 Å². The van der Waals surface area contributed by atoms with E-state index in [-0.39, 0.29) is 5.76 Å². The average Bonchev–Trinajstić information content (AvgIpc) is 3.20. The van der Waals surface area contributed by atoms with Gasteiger partial charge in [-0.1, -0.05) is 34.1 Å². The molecular formula is C19H17BrN4O2. The van der Waals surface area contributed by atoms with Crippen LogP contribution in [-0.4, -0.2) is 26.3 Å². The number of halogens is 1. The Morgan fingerprint density at radius 1 is 1.19 bits per heavy atom. The first-order valence-corrected chi connectivity index (χ1v) is 8.96. The Bertz CT molecular complexity index is 1100. The van der Waals surface area contributed by atoms with Gasteiger partial charge in [0.2, 0.25) is 0 Å². The first kappa shape index (κ1) is 16.8. The number of oxazole rings is 1. The highest BCUT2D eigenvalue weighted by molar-refractivity contribution is 9.10. The molecule has 0 aliphatic rings. The standard InChI is InChI=1S/C19H17BrN4O2/c1-22(11-14-10-21-24(12-14)16-5-3-2-4-6-16)13-23-17-8-7-15(20)9-18(17)26-19(23)25/h2-10,12H,11,13H2,1H3. The van der Waals surface area contributed by atoms with Gasteiger partial charge in [-0.3, -0.25) is 9.47 Å². The third-order valence-electron chi connectivity index (χ3n) is 4.12. The van der Waals surface area contributed by atoms with E-state index >= 15 is 0 Å². The SMILES string of the molecule is CN(Cc1cnn(-c2ccccc2)c1)Cn1c(=O)oc2cc(Br)ccc21. The van der Waals surface area contributed by atoms with Gasteiger partial charge in [0.1, 0.15) is 0 Å². The van der Waals surface area contributed by atoms with Crippen LogP contribution >= 0.6 is 15.9 Å². The maximum Gasteiger partial charge on any atom is 0.421 e. The van der Waals surface area contributed by atoms with Gasteiger partial charge in [-0.25, -0.2) is 9.48 Å².